The van der Waals surface area contributed by atoms with Gasteiger partial charge in [0.2, 0.25) is 5.88 Å². The summed E-state index contributed by atoms with van der Waals surface area (Å²) in [7, 11) is 0. The highest BCUT2D eigenvalue weighted by Gasteiger charge is 2.22. The lowest BCUT2D eigenvalue weighted by Gasteiger charge is -2.25. The van der Waals surface area contributed by atoms with E-state index in [9.17, 15) is 0 Å². The molecule has 0 bridgehead atoms. The van der Waals surface area contributed by atoms with E-state index in [1.54, 1.807) is 0 Å². The monoisotopic (exact) mass is 362 g/mol. The minimum Gasteiger partial charge on any atom is -0.483 e. The minimum absolute atomic E-state index is 0.250. The zero-order valence-corrected chi connectivity index (χ0v) is 15.7. The largest absolute Gasteiger partial charge is 0.483 e. The van der Waals surface area contributed by atoms with Crippen molar-refractivity contribution in [1.82, 2.24) is 10.3 Å². The third kappa shape index (κ3) is 5.81. The second kappa shape index (κ2) is 10.9. The molecule has 6 nitrogen and oxygen atoms in total. The third-order valence-corrected chi connectivity index (χ3v) is 4.78. The summed E-state index contributed by atoms with van der Waals surface area (Å²) in [6.45, 7) is 6.53. The topological polar surface area (TPSA) is 80.7 Å². The van der Waals surface area contributed by atoms with E-state index in [4.69, 9.17) is 19.4 Å². The fourth-order valence-electron chi connectivity index (χ4n) is 3.51. The maximum Gasteiger partial charge on any atom is 0.290 e. The van der Waals surface area contributed by atoms with Crippen molar-refractivity contribution in [2.75, 3.05) is 19.8 Å². The predicted molar refractivity (Wildman–Crippen MR) is 101 cm³/mol. The summed E-state index contributed by atoms with van der Waals surface area (Å²) < 4.78 is 11.8. The summed E-state index contributed by atoms with van der Waals surface area (Å²) in [5, 5.41) is 10.4. The first-order chi connectivity index (χ1) is 12.7. The molecule has 2 N–H and O–H groups in total. The zero-order chi connectivity index (χ0) is 18.8. The van der Waals surface area contributed by atoms with E-state index >= 15 is 0 Å². The fraction of sp³-hybridized carbons (Fsp3) is 0.600. The summed E-state index contributed by atoms with van der Waals surface area (Å²) in [6, 6.07) is 2.62. The van der Waals surface area contributed by atoms with E-state index < -0.39 is 0 Å². The van der Waals surface area contributed by atoms with Crippen molar-refractivity contribution in [3.8, 4) is 5.88 Å². The maximum absolute atomic E-state index is 8.36. The Hall–Kier alpha value is -1.92. The van der Waals surface area contributed by atoms with Gasteiger partial charge in [0, 0.05) is 17.8 Å². The molecule has 1 fully saturated rings. The lowest BCUT2D eigenvalue weighted by atomic mass is 9.90. The number of carboxylic acid groups (broad SMARTS) is 1. The van der Waals surface area contributed by atoms with Gasteiger partial charge in [0.1, 0.15) is 0 Å². The van der Waals surface area contributed by atoms with Crippen molar-refractivity contribution in [2.45, 2.75) is 58.1 Å². The van der Waals surface area contributed by atoms with Crippen molar-refractivity contribution in [3.05, 3.63) is 29.5 Å². The molecule has 0 amide bonds. The fourth-order valence-corrected chi connectivity index (χ4v) is 3.51. The smallest absolute Gasteiger partial charge is 0.290 e. The lowest BCUT2D eigenvalue weighted by Crippen LogP contribution is -2.30. The van der Waals surface area contributed by atoms with Crippen LogP contribution < -0.4 is 10.1 Å². The van der Waals surface area contributed by atoms with Crippen LogP contribution in [0.25, 0.3) is 5.57 Å². The quantitative estimate of drug-likeness (QED) is 0.757. The Morgan fingerprint density at radius 3 is 2.85 bits per heavy atom. The molecule has 1 aromatic heterocycles. The van der Waals surface area contributed by atoms with Crippen LogP contribution in [0.1, 0.15) is 50.2 Å². The van der Waals surface area contributed by atoms with E-state index in [1.165, 1.54) is 29.5 Å². The number of pyridine rings is 1. The van der Waals surface area contributed by atoms with E-state index in [2.05, 4.69) is 29.4 Å². The van der Waals surface area contributed by atoms with Gasteiger partial charge in [0.05, 0.1) is 19.3 Å². The Morgan fingerprint density at radius 2 is 2.23 bits per heavy atom. The molecule has 6 heteroatoms. The molecule has 2 unspecified atom stereocenters. The Morgan fingerprint density at radius 1 is 1.42 bits per heavy atom. The standard InChI is InChI=1S/C19H28N2O2.CH2O2/c1-3-22-19-18(14(2)10-12-21-19)15-6-8-17(9-7-15)23-13-16-5-4-11-20-16;2-1-3/h6,10,12,16-17,20H,3-5,7-9,11,13H2,1-2H3;1H,(H,2,3). The summed E-state index contributed by atoms with van der Waals surface area (Å²) in [4.78, 5) is 12.8. The summed E-state index contributed by atoms with van der Waals surface area (Å²) >= 11 is 0. The van der Waals surface area contributed by atoms with E-state index in [0.717, 1.165) is 38.3 Å². The first kappa shape index (κ1) is 20.4. The lowest BCUT2D eigenvalue weighted by molar-refractivity contribution is -0.122. The van der Waals surface area contributed by atoms with Crippen molar-refractivity contribution >= 4 is 12.0 Å². The van der Waals surface area contributed by atoms with Crippen LogP contribution in [0.15, 0.2) is 18.3 Å². The van der Waals surface area contributed by atoms with Crippen LogP contribution >= 0.6 is 0 Å². The highest BCUT2D eigenvalue weighted by Crippen LogP contribution is 2.34. The number of nitrogens with one attached hydrogen (secondary N) is 1. The molecule has 144 valence electrons. The van der Waals surface area contributed by atoms with Gasteiger partial charge in [-0.05, 0) is 69.7 Å². The van der Waals surface area contributed by atoms with Gasteiger partial charge in [0.25, 0.3) is 6.47 Å². The first-order valence-electron chi connectivity index (χ1n) is 9.40. The zero-order valence-electron chi connectivity index (χ0n) is 15.7. The van der Waals surface area contributed by atoms with Gasteiger partial charge in [-0.1, -0.05) is 6.08 Å². The second-order valence-corrected chi connectivity index (χ2v) is 6.60. The van der Waals surface area contributed by atoms with Crippen molar-refractivity contribution in [3.63, 3.8) is 0 Å². The van der Waals surface area contributed by atoms with Crippen LogP contribution in [0.2, 0.25) is 0 Å². The van der Waals surface area contributed by atoms with E-state index in [1.807, 2.05) is 13.1 Å². The average Bonchev–Trinajstić information content (AvgIpc) is 3.15. The Labute approximate surface area is 155 Å². The van der Waals surface area contributed by atoms with Crippen LogP contribution in [0, 0.1) is 6.92 Å². The van der Waals surface area contributed by atoms with Crippen molar-refractivity contribution < 1.29 is 19.4 Å². The number of allylic oxidation sites excluding steroid dienone is 1. The molecule has 1 saturated heterocycles. The minimum atomic E-state index is -0.250. The van der Waals surface area contributed by atoms with Gasteiger partial charge in [0.15, 0.2) is 0 Å². The molecule has 3 rings (SSSR count). The molecule has 2 aliphatic rings. The number of rotatable bonds is 6. The third-order valence-electron chi connectivity index (χ3n) is 4.78. The number of aromatic nitrogens is 1. The Kier molecular flexibility index (Phi) is 8.58. The van der Waals surface area contributed by atoms with Crippen LogP contribution in [0.3, 0.4) is 0 Å². The maximum atomic E-state index is 8.36. The highest BCUT2D eigenvalue weighted by atomic mass is 16.5. The predicted octanol–water partition coefficient (Wildman–Crippen LogP) is 3.19. The molecule has 26 heavy (non-hydrogen) atoms. The SMILES string of the molecule is CCOc1nccc(C)c1C1=CCC(OCC2CCCN2)CC1.O=CO. The number of nitrogens with zero attached hydrogens (tertiary/aromatic N) is 1. The molecule has 2 atom stereocenters. The van der Waals surface area contributed by atoms with Gasteiger partial charge in [-0.15, -0.1) is 0 Å². The average molecular weight is 362 g/mol. The van der Waals surface area contributed by atoms with Gasteiger partial charge in [-0.2, -0.15) is 0 Å². The second-order valence-electron chi connectivity index (χ2n) is 6.60. The van der Waals surface area contributed by atoms with Crippen LogP contribution in [-0.2, 0) is 9.53 Å². The Balaban J connectivity index is 0.000000758. The van der Waals surface area contributed by atoms with Gasteiger partial charge in [-0.25, -0.2) is 4.98 Å². The van der Waals surface area contributed by atoms with Crippen molar-refractivity contribution in [2.24, 2.45) is 0 Å². The number of hydrogen-bond donors (Lipinski definition) is 2. The number of hydrogen-bond acceptors (Lipinski definition) is 5. The number of carbonyl (C=O) groups is 1. The molecule has 0 radical (unpaired) electrons. The van der Waals surface area contributed by atoms with E-state index in [-0.39, 0.29) is 6.47 Å². The van der Waals surface area contributed by atoms with Gasteiger partial charge < -0.3 is 19.9 Å². The number of ether oxygens (including phenoxy) is 2. The normalized spacial score (nSPS) is 22.2. The Bertz CT molecular complexity index is 597. The van der Waals surface area contributed by atoms with Crippen LogP contribution in [-0.4, -0.2) is 48.5 Å². The molecule has 0 saturated carbocycles. The first-order valence-corrected chi connectivity index (χ1v) is 9.40. The summed E-state index contributed by atoms with van der Waals surface area (Å²) in [6.07, 6.45) is 10.1. The molecular formula is C20H30N2O4. The molecular weight excluding hydrogens is 332 g/mol. The van der Waals surface area contributed by atoms with Crippen molar-refractivity contribution in [1.29, 1.82) is 0 Å². The molecule has 1 aromatic rings. The highest BCUT2D eigenvalue weighted by molar-refractivity contribution is 5.72. The number of aryl methyl sites for hydroxylation is 1. The summed E-state index contributed by atoms with van der Waals surface area (Å²) in [5.41, 5.74) is 3.78. The van der Waals surface area contributed by atoms with Gasteiger partial charge in [-0.3, -0.25) is 4.79 Å². The summed E-state index contributed by atoms with van der Waals surface area (Å²) in [5.74, 6) is 0.772. The van der Waals surface area contributed by atoms with Gasteiger partial charge >= 0.3 is 0 Å². The van der Waals surface area contributed by atoms with Crippen LogP contribution in [0.5, 0.6) is 5.88 Å². The molecule has 0 aromatic carbocycles. The molecule has 1 aliphatic carbocycles. The molecule has 1 aliphatic heterocycles. The molecule has 0 spiro atoms. The van der Waals surface area contributed by atoms with Crippen LogP contribution in [0.4, 0.5) is 0 Å². The molecule has 2 heterocycles. The van der Waals surface area contributed by atoms with E-state index in [0.29, 0.717) is 18.8 Å².